The number of carbonyl (C=O) groups is 2. The van der Waals surface area contributed by atoms with Gasteiger partial charge in [0.05, 0.1) is 24.7 Å². The van der Waals surface area contributed by atoms with Gasteiger partial charge in [-0.1, -0.05) is 23.9 Å². The van der Waals surface area contributed by atoms with Crippen molar-refractivity contribution < 1.29 is 32.6 Å². The van der Waals surface area contributed by atoms with Crippen LogP contribution in [0.15, 0.2) is 29.3 Å². The second-order valence-corrected chi connectivity index (χ2v) is 9.81. The van der Waals surface area contributed by atoms with Gasteiger partial charge in [0.2, 0.25) is 0 Å². The predicted octanol–water partition coefficient (Wildman–Crippen LogP) is 0.393. The van der Waals surface area contributed by atoms with Crippen molar-refractivity contribution in [2.75, 3.05) is 31.8 Å². The number of rotatable bonds is 7. The Bertz CT molecular complexity index is 883. The number of amides is 1. The van der Waals surface area contributed by atoms with Gasteiger partial charge in [0.25, 0.3) is 5.91 Å². The van der Waals surface area contributed by atoms with Gasteiger partial charge in [0, 0.05) is 11.8 Å². The van der Waals surface area contributed by atoms with Crippen LogP contribution in [0.3, 0.4) is 0 Å². The molecule has 2 aliphatic heterocycles. The lowest BCUT2D eigenvalue weighted by atomic mass is 10.1. The highest BCUT2D eigenvalue weighted by Crippen LogP contribution is 2.39. The molecule has 152 valence electrons. The largest absolute Gasteiger partial charge is 0.497 e. The molecule has 0 aliphatic carbocycles. The van der Waals surface area contributed by atoms with Crippen LogP contribution in [0, 0.1) is 0 Å². The maximum atomic E-state index is 12.0. The molecule has 1 N–H and O–H groups in total. The lowest BCUT2D eigenvalue weighted by molar-refractivity contribution is -0.143. The molecule has 9 nitrogen and oxygen atoms in total. The van der Waals surface area contributed by atoms with Crippen LogP contribution in [0.25, 0.3) is 0 Å². The molecular weight excluding hydrogens is 408 g/mol. The topological polar surface area (TPSA) is 123 Å². The van der Waals surface area contributed by atoms with E-state index in [4.69, 9.17) is 14.6 Å². The third kappa shape index (κ3) is 5.03. The normalized spacial score (nSPS) is 24.3. The Morgan fingerprint density at radius 3 is 2.61 bits per heavy atom. The Morgan fingerprint density at radius 1 is 1.25 bits per heavy atom. The third-order valence-corrected chi connectivity index (χ3v) is 7.61. The van der Waals surface area contributed by atoms with Gasteiger partial charge in [-0.15, -0.1) is 0 Å². The molecule has 28 heavy (non-hydrogen) atoms. The van der Waals surface area contributed by atoms with E-state index < -0.39 is 34.9 Å². The van der Waals surface area contributed by atoms with Crippen LogP contribution >= 0.6 is 11.8 Å². The van der Waals surface area contributed by atoms with E-state index in [1.54, 1.807) is 7.11 Å². The molecule has 1 aromatic rings. The van der Waals surface area contributed by atoms with E-state index in [0.717, 1.165) is 5.56 Å². The smallest absolute Gasteiger partial charge is 0.329 e. The zero-order chi connectivity index (χ0) is 20.3. The number of carbonyl (C=O) groups excluding carboxylic acids is 1. The Balaban J connectivity index is 1.76. The van der Waals surface area contributed by atoms with E-state index in [9.17, 15) is 18.0 Å². The van der Waals surface area contributed by atoms with Crippen LogP contribution in [0.4, 0.5) is 0 Å². The second-order valence-electron chi connectivity index (χ2n) is 6.45. The van der Waals surface area contributed by atoms with Crippen molar-refractivity contribution >= 4 is 38.6 Å². The highest BCUT2D eigenvalue weighted by Gasteiger charge is 2.48. The number of amidine groups is 1. The lowest BCUT2D eigenvalue weighted by Crippen LogP contribution is -2.37. The van der Waals surface area contributed by atoms with Crippen molar-refractivity contribution in [1.29, 1.82) is 0 Å². The van der Waals surface area contributed by atoms with E-state index >= 15 is 0 Å². The second kappa shape index (κ2) is 8.50. The summed E-state index contributed by atoms with van der Waals surface area (Å²) in [5.41, 5.74) is 0.925. The quantitative estimate of drug-likeness (QED) is 0.657. The summed E-state index contributed by atoms with van der Waals surface area (Å²) in [5, 5.41) is 8.81. The van der Waals surface area contributed by atoms with Crippen molar-refractivity contribution in [3.63, 3.8) is 0 Å². The molecule has 2 aliphatic rings. The van der Waals surface area contributed by atoms with E-state index in [1.165, 1.54) is 11.8 Å². The van der Waals surface area contributed by atoms with Crippen molar-refractivity contribution in [3.05, 3.63) is 29.8 Å². The number of methoxy groups -OCH3 is 1. The molecule has 0 bridgehead atoms. The van der Waals surface area contributed by atoms with Crippen LogP contribution < -0.4 is 4.74 Å². The summed E-state index contributed by atoms with van der Waals surface area (Å²) in [6.45, 7) is -0.626. The molecule has 2 unspecified atom stereocenters. The first-order chi connectivity index (χ1) is 13.3. The fraction of sp³-hybridized carbons (Fsp3) is 0.471. The number of thioether (sulfide) groups is 1. The Hall–Kier alpha value is -2.11. The van der Waals surface area contributed by atoms with Crippen molar-refractivity contribution in [2.24, 2.45) is 4.99 Å². The SMILES string of the molecule is COc1ccc(CN2C(=NC(=O)COCC(=O)O)SC3CS(=O)(=O)CC32)cc1. The molecule has 1 aromatic carbocycles. The summed E-state index contributed by atoms with van der Waals surface area (Å²) in [6.07, 6.45) is 0. The Labute approximate surface area is 166 Å². The zero-order valence-corrected chi connectivity index (χ0v) is 16.7. The first kappa shape index (κ1) is 20.6. The summed E-state index contributed by atoms with van der Waals surface area (Å²) in [7, 11) is -1.56. The number of carboxylic acid groups (broad SMARTS) is 1. The van der Waals surface area contributed by atoms with Crippen molar-refractivity contribution in [1.82, 2.24) is 4.90 Å². The average molecular weight is 428 g/mol. The minimum atomic E-state index is -3.13. The van der Waals surface area contributed by atoms with E-state index in [2.05, 4.69) is 4.99 Å². The zero-order valence-electron chi connectivity index (χ0n) is 15.1. The fourth-order valence-corrected chi connectivity index (χ4v) is 7.08. The number of hydrogen-bond donors (Lipinski definition) is 1. The highest BCUT2D eigenvalue weighted by atomic mass is 32.2. The summed E-state index contributed by atoms with van der Waals surface area (Å²) in [6, 6.07) is 7.10. The van der Waals surface area contributed by atoms with Crippen LogP contribution in [-0.4, -0.2) is 78.6 Å². The van der Waals surface area contributed by atoms with Gasteiger partial charge in [0.15, 0.2) is 15.0 Å². The van der Waals surface area contributed by atoms with Gasteiger partial charge in [-0.2, -0.15) is 4.99 Å². The Morgan fingerprint density at radius 2 is 1.96 bits per heavy atom. The first-order valence-electron chi connectivity index (χ1n) is 8.45. The Kier molecular flexibility index (Phi) is 6.26. The third-order valence-electron chi connectivity index (χ3n) is 4.36. The predicted molar refractivity (Wildman–Crippen MR) is 103 cm³/mol. The number of nitrogens with zero attached hydrogens (tertiary/aromatic N) is 2. The molecule has 0 saturated carbocycles. The summed E-state index contributed by atoms with van der Waals surface area (Å²) in [4.78, 5) is 28.4. The van der Waals surface area contributed by atoms with Gasteiger partial charge in [-0.05, 0) is 17.7 Å². The van der Waals surface area contributed by atoms with Gasteiger partial charge in [0.1, 0.15) is 19.0 Å². The van der Waals surface area contributed by atoms with Crippen molar-refractivity contribution in [3.8, 4) is 5.75 Å². The monoisotopic (exact) mass is 428 g/mol. The molecule has 3 rings (SSSR count). The molecule has 2 atom stereocenters. The number of aliphatic imine (C=N–C) groups is 1. The van der Waals surface area contributed by atoms with Gasteiger partial charge in [-0.3, -0.25) is 4.79 Å². The number of carboxylic acids is 1. The standard InChI is InChI=1S/C17H20N2O7S2/c1-25-12-4-2-11(3-5-12)6-19-13-9-28(23,24)10-14(13)27-17(19)18-15(20)7-26-8-16(21)22/h2-5,13-14H,6-10H2,1H3,(H,21,22). The molecule has 2 saturated heterocycles. The maximum absolute atomic E-state index is 12.0. The molecule has 11 heteroatoms. The van der Waals surface area contributed by atoms with Crippen LogP contribution in [0.5, 0.6) is 5.75 Å². The van der Waals surface area contributed by atoms with E-state index in [-0.39, 0.29) is 22.8 Å². The molecule has 0 radical (unpaired) electrons. The van der Waals surface area contributed by atoms with Crippen LogP contribution in [-0.2, 0) is 30.7 Å². The van der Waals surface area contributed by atoms with Gasteiger partial charge in [-0.25, -0.2) is 13.2 Å². The number of sulfone groups is 1. The number of benzene rings is 1. The lowest BCUT2D eigenvalue weighted by Gasteiger charge is -2.24. The number of hydrogen-bond acceptors (Lipinski definition) is 7. The molecule has 1 amide bonds. The van der Waals surface area contributed by atoms with Crippen molar-refractivity contribution in [2.45, 2.75) is 17.8 Å². The summed E-state index contributed by atoms with van der Waals surface area (Å²) >= 11 is 1.27. The molecule has 2 fully saturated rings. The minimum absolute atomic E-state index is 0.0174. The number of aliphatic carboxylic acids is 1. The summed E-state index contributed by atoms with van der Waals surface area (Å²) < 4.78 is 34.0. The van der Waals surface area contributed by atoms with Gasteiger partial charge < -0.3 is 19.5 Å². The minimum Gasteiger partial charge on any atom is -0.497 e. The average Bonchev–Trinajstić information content (AvgIpc) is 3.07. The van der Waals surface area contributed by atoms with Crippen LogP contribution in [0.2, 0.25) is 0 Å². The number of fused-ring (bicyclic) bond motifs is 1. The van der Waals surface area contributed by atoms with E-state index in [1.807, 2.05) is 29.2 Å². The molecular formula is C17H20N2O7S2. The van der Waals surface area contributed by atoms with Gasteiger partial charge >= 0.3 is 5.97 Å². The fourth-order valence-electron chi connectivity index (χ4n) is 3.11. The maximum Gasteiger partial charge on any atom is 0.329 e. The van der Waals surface area contributed by atoms with Crippen LogP contribution in [0.1, 0.15) is 5.56 Å². The molecule has 0 aromatic heterocycles. The summed E-state index contributed by atoms with van der Waals surface area (Å²) in [5.74, 6) is -1.00. The highest BCUT2D eigenvalue weighted by molar-refractivity contribution is 8.15. The number of ether oxygens (including phenoxy) is 2. The van der Waals surface area contributed by atoms with E-state index in [0.29, 0.717) is 17.5 Å². The molecule has 0 spiro atoms. The first-order valence-corrected chi connectivity index (χ1v) is 11.2. The molecule has 2 heterocycles.